The number of aryl methyl sites for hydroxylation is 2. The largest absolute Gasteiger partial charge is 0.333 e. The maximum atomic E-state index is 10.9. The van der Waals surface area contributed by atoms with Crippen LogP contribution in [0.4, 0.5) is 17.2 Å². The number of nitro benzene ring substituents is 1. The molecule has 17 heavy (non-hydrogen) atoms. The van der Waals surface area contributed by atoms with Crippen LogP contribution >= 0.6 is 0 Å². The fourth-order valence-electron chi connectivity index (χ4n) is 1.52. The molecule has 0 aliphatic carbocycles. The summed E-state index contributed by atoms with van der Waals surface area (Å²) in [5, 5.41) is 17.9. The van der Waals surface area contributed by atoms with E-state index in [-0.39, 0.29) is 5.69 Å². The van der Waals surface area contributed by atoms with Gasteiger partial charge in [-0.25, -0.2) is 0 Å². The lowest BCUT2D eigenvalue weighted by Gasteiger charge is -2.04. The van der Waals surface area contributed by atoms with E-state index in [1.807, 2.05) is 13.0 Å². The summed E-state index contributed by atoms with van der Waals surface area (Å²) in [6, 6.07) is 6.79. The Bertz CT molecular complexity index is 562. The minimum atomic E-state index is -0.404. The second-order valence-electron chi connectivity index (χ2n) is 3.78. The van der Waals surface area contributed by atoms with Crippen molar-refractivity contribution in [3.63, 3.8) is 0 Å². The van der Waals surface area contributed by atoms with Crippen molar-refractivity contribution < 1.29 is 4.92 Å². The Balaban J connectivity index is 2.35. The van der Waals surface area contributed by atoms with Crippen molar-refractivity contribution >= 4 is 17.2 Å². The molecule has 0 unspecified atom stereocenters. The Kier molecular flexibility index (Phi) is 2.78. The molecule has 1 heterocycles. The van der Waals surface area contributed by atoms with Gasteiger partial charge in [0.2, 0.25) is 0 Å². The first-order valence-electron chi connectivity index (χ1n) is 5.08. The molecule has 0 aliphatic heterocycles. The SMILES string of the molecule is Cc1ccc(Nc2ccn(C)n2)c([N+](=O)[O-])c1. The zero-order chi connectivity index (χ0) is 12.4. The minimum Gasteiger partial charge on any atom is -0.333 e. The van der Waals surface area contributed by atoms with Crippen molar-refractivity contribution in [3.8, 4) is 0 Å². The topological polar surface area (TPSA) is 73.0 Å². The van der Waals surface area contributed by atoms with Crippen molar-refractivity contribution in [1.29, 1.82) is 0 Å². The van der Waals surface area contributed by atoms with Crippen molar-refractivity contribution in [2.45, 2.75) is 6.92 Å². The van der Waals surface area contributed by atoms with Gasteiger partial charge in [-0.3, -0.25) is 14.8 Å². The van der Waals surface area contributed by atoms with Gasteiger partial charge < -0.3 is 5.32 Å². The summed E-state index contributed by atoms with van der Waals surface area (Å²) in [6.07, 6.45) is 1.77. The second kappa shape index (κ2) is 4.25. The van der Waals surface area contributed by atoms with Gasteiger partial charge in [0.1, 0.15) is 5.69 Å². The van der Waals surface area contributed by atoms with Crippen molar-refractivity contribution in [2.75, 3.05) is 5.32 Å². The van der Waals surface area contributed by atoms with E-state index in [0.717, 1.165) is 5.56 Å². The predicted octanol–water partition coefficient (Wildman–Crippen LogP) is 2.38. The highest BCUT2D eigenvalue weighted by molar-refractivity contribution is 5.68. The maximum Gasteiger partial charge on any atom is 0.292 e. The first-order chi connectivity index (χ1) is 8.06. The lowest BCUT2D eigenvalue weighted by molar-refractivity contribution is -0.384. The van der Waals surface area contributed by atoms with E-state index >= 15 is 0 Å². The molecule has 1 aromatic heterocycles. The fraction of sp³-hybridized carbons (Fsp3) is 0.182. The highest BCUT2D eigenvalue weighted by Gasteiger charge is 2.14. The van der Waals surface area contributed by atoms with Crippen LogP contribution in [0.2, 0.25) is 0 Å². The molecule has 0 saturated heterocycles. The standard InChI is InChI=1S/C11H12N4O2/c1-8-3-4-9(10(7-8)15(16)17)12-11-5-6-14(2)13-11/h3-7H,1-2H3,(H,12,13). The minimum absolute atomic E-state index is 0.0515. The molecule has 1 aromatic carbocycles. The molecule has 0 spiro atoms. The molecule has 88 valence electrons. The van der Waals surface area contributed by atoms with Gasteiger partial charge in [-0.05, 0) is 18.6 Å². The zero-order valence-corrected chi connectivity index (χ0v) is 9.54. The Labute approximate surface area is 98.0 Å². The molecule has 2 aromatic rings. The normalized spacial score (nSPS) is 10.2. The maximum absolute atomic E-state index is 10.9. The van der Waals surface area contributed by atoms with E-state index in [1.165, 1.54) is 6.07 Å². The van der Waals surface area contributed by atoms with Crippen LogP contribution in [0.5, 0.6) is 0 Å². The average molecular weight is 232 g/mol. The third-order valence-corrected chi connectivity index (χ3v) is 2.33. The smallest absolute Gasteiger partial charge is 0.292 e. The van der Waals surface area contributed by atoms with Crippen LogP contribution in [0.25, 0.3) is 0 Å². The molecule has 6 nitrogen and oxygen atoms in total. The van der Waals surface area contributed by atoms with Crippen LogP contribution in [-0.2, 0) is 7.05 Å². The lowest BCUT2D eigenvalue weighted by Crippen LogP contribution is -1.98. The van der Waals surface area contributed by atoms with Gasteiger partial charge in [0.25, 0.3) is 5.69 Å². The summed E-state index contributed by atoms with van der Waals surface area (Å²) >= 11 is 0. The number of nitrogens with one attached hydrogen (secondary N) is 1. The van der Waals surface area contributed by atoms with Crippen molar-refractivity contribution in [2.24, 2.45) is 7.05 Å². The van der Waals surface area contributed by atoms with Crippen LogP contribution in [0.3, 0.4) is 0 Å². The van der Waals surface area contributed by atoms with Gasteiger partial charge in [-0.15, -0.1) is 0 Å². The van der Waals surface area contributed by atoms with Gasteiger partial charge in [0.05, 0.1) is 4.92 Å². The zero-order valence-electron chi connectivity index (χ0n) is 9.54. The van der Waals surface area contributed by atoms with Gasteiger partial charge in [0, 0.05) is 25.4 Å². The Morgan fingerprint density at radius 2 is 2.18 bits per heavy atom. The van der Waals surface area contributed by atoms with E-state index in [1.54, 1.807) is 30.1 Å². The molecule has 1 N–H and O–H groups in total. The Morgan fingerprint density at radius 3 is 2.76 bits per heavy atom. The quantitative estimate of drug-likeness (QED) is 0.651. The molecule has 6 heteroatoms. The number of hydrogen-bond donors (Lipinski definition) is 1. The van der Waals surface area contributed by atoms with E-state index in [4.69, 9.17) is 0 Å². The Hall–Kier alpha value is -2.37. The van der Waals surface area contributed by atoms with Gasteiger partial charge >= 0.3 is 0 Å². The summed E-state index contributed by atoms with van der Waals surface area (Å²) in [5.74, 6) is 0.583. The number of nitro groups is 1. The number of hydrogen-bond acceptors (Lipinski definition) is 4. The van der Waals surface area contributed by atoms with Crippen LogP contribution in [-0.4, -0.2) is 14.7 Å². The summed E-state index contributed by atoms with van der Waals surface area (Å²) in [5.41, 5.74) is 1.35. The van der Waals surface area contributed by atoms with Crippen molar-refractivity contribution in [3.05, 3.63) is 46.1 Å². The third-order valence-electron chi connectivity index (χ3n) is 2.33. The van der Waals surface area contributed by atoms with E-state index in [9.17, 15) is 10.1 Å². The number of aromatic nitrogens is 2. The van der Waals surface area contributed by atoms with Crippen LogP contribution < -0.4 is 5.32 Å². The van der Waals surface area contributed by atoms with E-state index in [2.05, 4.69) is 10.4 Å². The Morgan fingerprint density at radius 1 is 1.41 bits per heavy atom. The molecule has 0 radical (unpaired) electrons. The molecular formula is C11H12N4O2. The third kappa shape index (κ3) is 2.41. The van der Waals surface area contributed by atoms with E-state index < -0.39 is 4.92 Å². The summed E-state index contributed by atoms with van der Waals surface area (Å²) < 4.78 is 1.63. The fourth-order valence-corrected chi connectivity index (χ4v) is 1.52. The van der Waals surface area contributed by atoms with Crippen LogP contribution in [0.1, 0.15) is 5.56 Å². The van der Waals surface area contributed by atoms with Crippen LogP contribution in [0.15, 0.2) is 30.5 Å². The predicted molar refractivity (Wildman–Crippen MR) is 64.3 cm³/mol. The molecule has 0 aliphatic rings. The number of benzene rings is 1. The molecule has 0 amide bonds. The summed E-state index contributed by atoms with van der Waals surface area (Å²) in [4.78, 5) is 10.5. The monoisotopic (exact) mass is 232 g/mol. The number of anilines is 2. The first kappa shape index (κ1) is 11.1. The summed E-state index contributed by atoms with van der Waals surface area (Å²) in [7, 11) is 1.79. The van der Waals surface area contributed by atoms with Crippen LogP contribution in [0, 0.1) is 17.0 Å². The van der Waals surface area contributed by atoms with Crippen molar-refractivity contribution in [1.82, 2.24) is 9.78 Å². The molecular weight excluding hydrogens is 220 g/mol. The molecule has 0 atom stereocenters. The van der Waals surface area contributed by atoms with Gasteiger partial charge in [-0.2, -0.15) is 5.10 Å². The summed E-state index contributed by atoms with van der Waals surface area (Å²) in [6.45, 7) is 1.82. The number of rotatable bonds is 3. The average Bonchev–Trinajstić information content (AvgIpc) is 2.66. The van der Waals surface area contributed by atoms with E-state index in [0.29, 0.717) is 11.5 Å². The van der Waals surface area contributed by atoms with Gasteiger partial charge in [-0.1, -0.05) is 6.07 Å². The lowest BCUT2D eigenvalue weighted by atomic mass is 10.2. The molecule has 0 fully saturated rings. The highest BCUT2D eigenvalue weighted by Crippen LogP contribution is 2.27. The number of nitrogens with zero attached hydrogens (tertiary/aromatic N) is 3. The second-order valence-corrected chi connectivity index (χ2v) is 3.78. The molecule has 0 bridgehead atoms. The molecule has 0 saturated carbocycles. The first-order valence-corrected chi connectivity index (χ1v) is 5.08. The van der Waals surface area contributed by atoms with Gasteiger partial charge in [0.15, 0.2) is 5.82 Å². The highest BCUT2D eigenvalue weighted by atomic mass is 16.6. The molecule has 2 rings (SSSR count).